The third kappa shape index (κ3) is 7.85. The van der Waals surface area contributed by atoms with E-state index in [9.17, 15) is 18.8 Å². The maximum atomic E-state index is 14.2. The molecule has 2 heterocycles. The van der Waals surface area contributed by atoms with Crippen molar-refractivity contribution in [1.82, 2.24) is 20.4 Å². The Bertz CT molecular complexity index is 1450. The van der Waals surface area contributed by atoms with E-state index in [1.165, 1.54) is 12.1 Å². The van der Waals surface area contributed by atoms with Gasteiger partial charge in [-0.15, -0.1) is 0 Å². The molecule has 0 aromatic heterocycles. The van der Waals surface area contributed by atoms with Crippen LogP contribution < -0.4 is 10.6 Å². The number of piperazine rings is 1. The minimum atomic E-state index is -0.893. The Morgan fingerprint density at radius 1 is 1.00 bits per heavy atom. The van der Waals surface area contributed by atoms with E-state index in [1.807, 2.05) is 60.4 Å². The van der Waals surface area contributed by atoms with Gasteiger partial charge in [0.05, 0.1) is 6.04 Å². The van der Waals surface area contributed by atoms with Gasteiger partial charge in [-0.1, -0.05) is 73.5 Å². The summed E-state index contributed by atoms with van der Waals surface area (Å²) in [5.74, 6) is -0.975. The Balaban J connectivity index is 1.28. The van der Waals surface area contributed by atoms with Gasteiger partial charge in [-0.3, -0.25) is 14.4 Å². The van der Waals surface area contributed by atoms with Gasteiger partial charge in [0.15, 0.2) is 0 Å². The van der Waals surface area contributed by atoms with Gasteiger partial charge in [0, 0.05) is 37.6 Å². The van der Waals surface area contributed by atoms with Gasteiger partial charge in [-0.05, 0) is 72.2 Å². The Labute approximate surface area is 263 Å². The van der Waals surface area contributed by atoms with Crippen molar-refractivity contribution in [2.24, 2.45) is 0 Å². The van der Waals surface area contributed by atoms with Crippen molar-refractivity contribution in [2.75, 3.05) is 19.6 Å². The maximum absolute atomic E-state index is 14.2. The van der Waals surface area contributed by atoms with E-state index in [4.69, 9.17) is 11.6 Å². The summed E-state index contributed by atoms with van der Waals surface area (Å²) in [5, 5.41) is 6.99. The summed E-state index contributed by atoms with van der Waals surface area (Å²) in [6.45, 7) is 4.00. The van der Waals surface area contributed by atoms with Crippen molar-refractivity contribution in [1.29, 1.82) is 0 Å². The first-order chi connectivity index (χ1) is 21.3. The van der Waals surface area contributed by atoms with Gasteiger partial charge in [-0.2, -0.15) is 0 Å². The number of nitrogens with zero attached hydrogens (tertiary/aromatic N) is 2. The highest BCUT2D eigenvalue weighted by Gasteiger charge is 2.40. The summed E-state index contributed by atoms with van der Waals surface area (Å²) in [6, 6.07) is 19.7. The van der Waals surface area contributed by atoms with E-state index in [-0.39, 0.29) is 30.0 Å². The summed E-state index contributed by atoms with van der Waals surface area (Å²) in [7, 11) is 0. The highest BCUT2D eigenvalue weighted by atomic mass is 35.5. The maximum Gasteiger partial charge on any atom is 0.246 e. The minimum absolute atomic E-state index is 0.0556. The van der Waals surface area contributed by atoms with Gasteiger partial charge in [0.2, 0.25) is 17.7 Å². The van der Waals surface area contributed by atoms with Crippen LogP contribution in [0.15, 0.2) is 72.8 Å². The Kier molecular flexibility index (Phi) is 10.7. The number of carbonyl (C=O) groups is 3. The first-order valence-corrected chi connectivity index (χ1v) is 15.9. The van der Waals surface area contributed by atoms with Crippen LogP contribution in [0.3, 0.4) is 0 Å². The van der Waals surface area contributed by atoms with Gasteiger partial charge in [-0.25, -0.2) is 4.39 Å². The SMILES string of the molecule is CCCC1C(=O)N(CCCc2ccc(Cl)cc2)CCN1C(=O)C(Cc1ccc(F)cc1)NC(=O)C1Cc2ccccc2CN1. The lowest BCUT2D eigenvalue weighted by Crippen LogP contribution is -2.63. The smallest absolute Gasteiger partial charge is 0.246 e. The van der Waals surface area contributed by atoms with Crippen LogP contribution in [-0.2, 0) is 40.2 Å². The molecular weight excluding hydrogens is 579 g/mol. The molecule has 2 aliphatic rings. The molecule has 2 N–H and O–H groups in total. The Morgan fingerprint density at radius 3 is 2.43 bits per heavy atom. The fourth-order valence-corrected chi connectivity index (χ4v) is 6.30. The predicted molar refractivity (Wildman–Crippen MR) is 170 cm³/mol. The topological polar surface area (TPSA) is 81.8 Å². The van der Waals surface area contributed by atoms with E-state index < -0.39 is 18.1 Å². The van der Waals surface area contributed by atoms with Gasteiger partial charge < -0.3 is 20.4 Å². The first kappa shape index (κ1) is 31.7. The lowest BCUT2D eigenvalue weighted by molar-refractivity contribution is -0.153. The lowest BCUT2D eigenvalue weighted by atomic mass is 9.95. The van der Waals surface area contributed by atoms with E-state index in [0.717, 1.165) is 41.5 Å². The molecule has 5 rings (SSSR count). The molecule has 232 valence electrons. The summed E-state index contributed by atoms with van der Waals surface area (Å²) >= 11 is 6.00. The van der Waals surface area contributed by atoms with Crippen LogP contribution in [0.25, 0.3) is 0 Å². The average Bonchev–Trinajstić information content (AvgIpc) is 3.04. The van der Waals surface area contributed by atoms with Crippen LogP contribution in [0, 0.1) is 5.82 Å². The van der Waals surface area contributed by atoms with Crippen molar-refractivity contribution < 1.29 is 18.8 Å². The highest BCUT2D eigenvalue weighted by molar-refractivity contribution is 6.30. The van der Waals surface area contributed by atoms with Crippen molar-refractivity contribution in [3.63, 3.8) is 0 Å². The van der Waals surface area contributed by atoms with Gasteiger partial charge in [0.25, 0.3) is 0 Å². The Hall–Kier alpha value is -3.75. The zero-order valence-corrected chi connectivity index (χ0v) is 25.9. The molecule has 0 bridgehead atoms. The zero-order chi connectivity index (χ0) is 31.1. The average molecular weight is 619 g/mol. The first-order valence-electron chi connectivity index (χ1n) is 15.5. The van der Waals surface area contributed by atoms with Crippen molar-refractivity contribution in [2.45, 2.75) is 70.1 Å². The second-order valence-electron chi connectivity index (χ2n) is 11.7. The molecule has 3 atom stereocenters. The molecule has 1 saturated heterocycles. The summed E-state index contributed by atoms with van der Waals surface area (Å²) < 4.78 is 13.7. The van der Waals surface area contributed by atoms with Crippen LogP contribution in [0.2, 0.25) is 5.02 Å². The van der Waals surface area contributed by atoms with Crippen LogP contribution >= 0.6 is 11.6 Å². The molecule has 44 heavy (non-hydrogen) atoms. The molecular formula is C35H40ClFN4O3. The zero-order valence-electron chi connectivity index (χ0n) is 25.1. The molecule has 3 amide bonds. The number of carbonyl (C=O) groups excluding carboxylic acids is 3. The fourth-order valence-electron chi connectivity index (χ4n) is 6.17. The number of aryl methyl sites for hydroxylation is 1. The molecule has 0 saturated carbocycles. The summed E-state index contributed by atoms with van der Waals surface area (Å²) in [4.78, 5) is 44.9. The molecule has 0 spiro atoms. The van der Waals surface area contributed by atoms with Gasteiger partial charge >= 0.3 is 0 Å². The third-order valence-electron chi connectivity index (χ3n) is 8.60. The number of rotatable bonds is 11. The Morgan fingerprint density at radius 2 is 1.70 bits per heavy atom. The van der Waals surface area contributed by atoms with E-state index >= 15 is 0 Å². The lowest BCUT2D eigenvalue weighted by Gasteiger charge is -2.42. The van der Waals surface area contributed by atoms with Crippen LogP contribution in [-0.4, -0.2) is 65.3 Å². The number of fused-ring (bicyclic) bond motifs is 1. The number of amides is 3. The van der Waals surface area contributed by atoms with Crippen LogP contribution in [0.5, 0.6) is 0 Å². The molecule has 7 nitrogen and oxygen atoms in total. The van der Waals surface area contributed by atoms with E-state index in [1.54, 1.807) is 17.0 Å². The van der Waals surface area contributed by atoms with Crippen molar-refractivity contribution in [3.8, 4) is 0 Å². The molecule has 1 fully saturated rings. The van der Waals surface area contributed by atoms with Crippen LogP contribution in [0.4, 0.5) is 4.39 Å². The third-order valence-corrected chi connectivity index (χ3v) is 8.85. The second-order valence-corrected chi connectivity index (χ2v) is 12.1. The van der Waals surface area contributed by atoms with Gasteiger partial charge in [0.1, 0.15) is 17.9 Å². The summed E-state index contributed by atoms with van der Waals surface area (Å²) in [6.07, 6.45) is 3.62. The van der Waals surface area contributed by atoms with Crippen molar-refractivity contribution in [3.05, 3.63) is 106 Å². The summed E-state index contributed by atoms with van der Waals surface area (Å²) in [5.41, 5.74) is 4.15. The normalized spacial score (nSPS) is 18.9. The van der Waals surface area contributed by atoms with Crippen LogP contribution in [0.1, 0.15) is 48.4 Å². The quantitative estimate of drug-likeness (QED) is 0.327. The minimum Gasteiger partial charge on any atom is -0.343 e. The fraction of sp³-hybridized carbons (Fsp3) is 0.400. The number of halogens is 2. The molecule has 0 aliphatic carbocycles. The second kappa shape index (κ2) is 14.8. The van der Waals surface area contributed by atoms with E-state index in [2.05, 4.69) is 10.6 Å². The number of hydrogen-bond acceptors (Lipinski definition) is 4. The monoisotopic (exact) mass is 618 g/mol. The molecule has 3 aromatic carbocycles. The van der Waals surface area contributed by atoms with Crippen molar-refractivity contribution >= 4 is 29.3 Å². The number of benzene rings is 3. The molecule has 2 aliphatic heterocycles. The molecule has 3 unspecified atom stereocenters. The molecule has 9 heteroatoms. The highest BCUT2D eigenvalue weighted by Crippen LogP contribution is 2.21. The molecule has 3 aromatic rings. The molecule has 0 radical (unpaired) electrons. The number of nitrogens with one attached hydrogen (secondary N) is 2. The standard InChI is InChI=1S/C35H40ClFN4O3/c1-2-6-32-35(44)40(18-5-7-24-10-14-28(36)15-11-24)19-20-41(32)34(43)31(21-25-12-16-29(37)17-13-25)39-33(42)30-22-26-8-3-4-9-27(26)23-38-30/h3-4,8-17,30-32,38H,2,5-7,18-23H2,1H3,(H,39,42). The predicted octanol–water partition coefficient (Wildman–Crippen LogP) is 4.69. The largest absolute Gasteiger partial charge is 0.343 e. The number of hydrogen-bond donors (Lipinski definition) is 2. The van der Waals surface area contributed by atoms with E-state index in [0.29, 0.717) is 44.0 Å².